The smallest absolute Gasteiger partial charge is 0.266 e. The maximum Gasteiger partial charge on any atom is 0.266 e. The number of aromatic nitrogens is 2. The molecule has 0 aliphatic carbocycles. The molecule has 2 heterocycles. The Kier molecular flexibility index (Phi) is 8.57. The van der Waals surface area contributed by atoms with Crippen molar-refractivity contribution < 1.29 is 9.47 Å². The van der Waals surface area contributed by atoms with E-state index in [-0.39, 0.29) is 32.4 Å². The first-order chi connectivity index (χ1) is 24.8. The third-order valence-corrected chi connectivity index (χ3v) is 10.8. The van der Waals surface area contributed by atoms with Crippen LogP contribution in [0.4, 0.5) is 0 Å². The molecular formula is C44H40N2O6. The van der Waals surface area contributed by atoms with Gasteiger partial charge in [-0.15, -0.1) is 0 Å². The molecule has 0 amide bonds. The van der Waals surface area contributed by atoms with Crippen LogP contribution in [-0.4, -0.2) is 9.13 Å². The summed E-state index contributed by atoms with van der Waals surface area (Å²) in [4.78, 5) is 51.9. The fourth-order valence-corrected chi connectivity index (χ4v) is 6.83. The monoisotopic (exact) mass is 692 g/mol. The molecule has 7 aromatic rings. The molecule has 8 heteroatoms. The number of hydrogen-bond acceptors (Lipinski definition) is 6. The second kappa shape index (κ2) is 12.9. The molecule has 0 spiro atoms. The second-order valence-corrected chi connectivity index (χ2v) is 14.3. The molecule has 5 aromatic carbocycles. The normalized spacial score (nSPS) is 13.0. The van der Waals surface area contributed by atoms with Gasteiger partial charge in [-0.3, -0.25) is 23.7 Å². The van der Waals surface area contributed by atoms with Gasteiger partial charge in [0, 0.05) is 18.5 Å². The van der Waals surface area contributed by atoms with Crippen molar-refractivity contribution in [2.24, 2.45) is 7.05 Å². The van der Waals surface area contributed by atoms with Crippen LogP contribution in [0.3, 0.4) is 0 Å². The zero-order valence-corrected chi connectivity index (χ0v) is 30.2. The Balaban J connectivity index is 1.10. The minimum atomic E-state index is -0.567. The lowest BCUT2D eigenvalue weighted by Gasteiger charge is -2.30. The molecule has 0 saturated heterocycles. The highest BCUT2D eigenvalue weighted by Crippen LogP contribution is 2.38. The third-order valence-electron chi connectivity index (χ3n) is 10.8. The van der Waals surface area contributed by atoms with Gasteiger partial charge < -0.3 is 9.47 Å². The van der Waals surface area contributed by atoms with E-state index in [9.17, 15) is 19.2 Å². The fraction of sp³-hybridized carbons (Fsp3) is 0.227. The van der Waals surface area contributed by atoms with Crippen molar-refractivity contribution in [2.75, 3.05) is 0 Å². The molecule has 7 rings (SSSR count). The summed E-state index contributed by atoms with van der Waals surface area (Å²) in [5.74, 6) is 2.63. The summed E-state index contributed by atoms with van der Waals surface area (Å²) in [7, 11) is 1.37. The lowest BCUT2D eigenvalue weighted by molar-refractivity contribution is 0.470. The van der Waals surface area contributed by atoms with Gasteiger partial charge in [-0.2, -0.15) is 0 Å². The van der Waals surface area contributed by atoms with E-state index in [4.69, 9.17) is 9.47 Å². The molecule has 1 unspecified atom stereocenters. The van der Waals surface area contributed by atoms with Gasteiger partial charge >= 0.3 is 0 Å². The predicted molar refractivity (Wildman–Crippen MR) is 207 cm³/mol. The van der Waals surface area contributed by atoms with Crippen LogP contribution in [0.25, 0.3) is 27.2 Å². The maximum absolute atomic E-state index is 13.4. The average molecular weight is 693 g/mol. The number of benzene rings is 5. The van der Waals surface area contributed by atoms with Crippen molar-refractivity contribution in [3.05, 3.63) is 167 Å². The number of nitrogens with zero attached hydrogens (tertiary/aromatic N) is 2. The zero-order chi connectivity index (χ0) is 36.9. The Hall–Kier alpha value is -6.02. The lowest BCUT2D eigenvalue weighted by Crippen LogP contribution is -2.23. The summed E-state index contributed by atoms with van der Waals surface area (Å²) in [6.45, 7) is 11.1. The molecule has 8 nitrogen and oxygen atoms in total. The number of hydrogen-bond donors (Lipinski definition) is 0. The molecule has 0 saturated carbocycles. The number of rotatable bonds is 10. The van der Waals surface area contributed by atoms with E-state index in [0.717, 1.165) is 44.6 Å². The van der Waals surface area contributed by atoms with E-state index in [1.165, 1.54) is 24.7 Å². The highest BCUT2D eigenvalue weighted by molar-refractivity contribution is 5.98. The topological polar surface area (TPSA) is 96.6 Å². The molecule has 0 aliphatic heterocycles. The van der Waals surface area contributed by atoms with Crippen molar-refractivity contribution in [3.8, 4) is 28.7 Å². The Labute approximate surface area is 300 Å². The molecule has 1 atom stereocenters. The van der Waals surface area contributed by atoms with Gasteiger partial charge in [-0.25, -0.2) is 4.57 Å². The zero-order valence-electron chi connectivity index (χ0n) is 30.2. The van der Waals surface area contributed by atoms with Gasteiger partial charge in [0.1, 0.15) is 23.0 Å². The summed E-state index contributed by atoms with van der Waals surface area (Å²) in [5.41, 5.74) is 1.53. The average Bonchev–Trinajstić information content (AvgIpc) is 3.53. The second-order valence-electron chi connectivity index (χ2n) is 14.3. The van der Waals surface area contributed by atoms with Crippen LogP contribution < -0.4 is 31.7 Å². The van der Waals surface area contributed by atoms with Crippen molar-refractivity contribution in [1.82, 2.24) is 9.13 Å². The standard InChI is InChI=1S/C44H40N2O6/c1-7-43(3,4)29-11-9-13-33(23-29)51-31-19-15-27(16-20-31)44(5,8-2)28-17-21-32(22-18-28)52-34-14-10-12-30(24-34)46-41(49)37-25-35-36(26-38(37)42(46)50)40(48)45(6)39(35)47/h9-26H,7-8H2,1-6H3. The van der Waals surface area contributed by atoms with Crippen molar-refractivity contribution >= 4 is 21.5 Å². The molecule has 0 aliphatic rings. The van der Waals surface area contributed by atoms with Gasteiger partial charge in [0.15, 0.2) is 0 Å². The maximum atomic E-state index is 13.4. The quantitative estimate of drug-likeness (QED) is 0.143. The van der Waals surface area contributed by atoms with Crippen LogP contribution >= 0.6 is 0 Å². The summed E-state index contributed by atoms with van der Waals surface area (Å²) >= 11 is 0. The molecular weight excluding hydrogens is 652 g/mol. The number of fused-ring (bicyclic) bond motifs is 2. The first-order valence-electron chi connectivity index (χ1n) is 17.5. The SMILES string of the molecule is CCC(C)(C)c1cccc(Oc2ccc(C(C)(CC)c3ccc(Oc4cccc(-n5c(=O)c6cc7c(=O)n(C)c(=O)c7cc6c5=O)c4)cc3)cc2)c1. The van der Waals surface area contributed by atoms with E-state index >= 15 is 0 Å². The van der Waals surface area contributed by atoms with Crippen molar-refractivity contribution in [3.63, 3.8) is 0 Å². The van der Waals surface area contributed by atoms with E-state index in [1.54, 1.807) is 24.3 Å². The molecule has 262 valence electrons. The van der Waals surface area contributed by atoms with E-state index in [2.05, 4.69) is 71.0 Å². The highest BCUT2D eigenvalue weighted by Gasteiger charge is 2.27. The Bertz CT molecular complexity index is 2600. The van der Waals surface area contributed by atoms with Crippen LogP contribution in [0.1, 0.15) is 64.2 Å². The lowest BCUT2D eigenvalue weighted by atomic mass is 9.74. The van der Waals surface area contributed by atoms with Crippen LogP contribution in [0.2, 0.25) is 0 Å². The van der Waals surface area contributed by atoms with Crippen LogP contribution in [-0.2, 0) is 17.9 Å². The van der Waals surface area contributed by atoms with Crippen LogP contribution in [0, 0.1) is 0 Å². The summed E-state index contributed by atoms with van der Waals surface area (Å²) in [6, 6.07) is 33.9. The molecule has 0 radical (unpaired) electrons. The van der Waals surface area contributed by atoms with E-state index < -0.39 is 22.2 Å². The fourth-order valence-electron chi connectivity index (χ4n) is 6.83. The van der Waals surface area contributed by atoms with Gasteiger partial charge in [-0.05, 0) is 95.6 Å². The van der Waals surface area contributed by atoms with Crippen molar-refractivity contribution in [2.45, 2.75) is 58.3 Å². The third kappa shape index (κ3) is 5.84. The minimum absolute atomic E-state index is 0.0749. The van der Waals surface area contributed by atoms with E-state index in [1.807, 2.05) is 36.4 Å². The summed E-state index contributed by atoms with van der Waals surface area (Å²) in [5, 5.41) is 0.412. The first kappa shape index (κ1) is 34.4. The largest absolute Gasteiger partial charge is 0.457 e. The van der Waals surface area contributed by atoms with Crippen LogP contribution in [0.5, 0.6) is 23.0 Å². The van der Waals surface area contributed by atoms with Gasteiger partial charge in [0.2, 0.25) is 0 Å². The Morgan fingerprint density at radius 1 is 0.500 bits per heavy atom. The van der Waals surface area contributed by atoms with Gasteiger partial charge in [0.25, 0.3) is 22.2 Å². The highest BCUT2D eigenvalue weighted by atomic mass is 16.5. The number of ether oxygens (including phenoxy) is 2. The molecule has 52 heavy (non-hydrogen) atoms. The Morgan fingerprint density at radius 3 is 1.44 bits per heavy atom. The van der Waals surface area contributed by atoms with Crippen molar-refractivity contribution in [1.29, 1.82) is 0 Å². The Morgan fingerprint density at radius 2 is 0.962 bits per heavy atom. The minimum Gasteiger partial charge on any atom is -0.457 e. The van der Waals surface area contributed by atoms with Crippen LogP contribution in [0.15, 0.2) is 128 Å². The molecule has 0 bridgehead atoms. The van der Waals surface area contributed by atoms with E-state index in [0.29, 0.717) is 17.2 Å². The van der Waals surface area contributed by atoms with Gasteiger partial charge in [-0.1, -0.05) is 77.1 Å². The molecule has 0 N–H and O–H groups in total. The molecule has 0 fully saturated rings. The first-order valence-corrected chi connectivity index (χ1v) is 17.5. The summed E-state index contributed by atoms with van der Waals surface area (Å²) < 4.78 is 14.5. The predicted octanol–water partition coefficient (Wildman–Crippen LogP) is 8.43. The van der Waals surface area contributed by atoms with Gasteiger partial charge in [0.05, 0.1) is 27.2 Å². The molecule has 2 aromatic heterocycles. The summed E-state index contributed by atoms with van der Waals surface area (Å²) in [6.07, 6.45) is 1.91.